The van der Waals surface area contributed by atoms with Crippen molar-refractivity contribution in [3.63, 3.8) is 0 Å². The molecule has 1 fully saturated rings. The van der Waals surface area contributed by atoms with Crippen LogP contribution in [0.15, 0.2) is 11.6 Å². The van der Waals surface area contributed by atoms with Gasteiger partial charge in [-0.2, -0.15) is 0 Å². The Morgan fingerprint density at radius 1 is 1.39 bits per heavy atom. The van der Waals surface area contributed by atoms with Crippen molar-refractivity contribution in [2.75, 3.05) is 6.61 Å². The molecule has 18 heavy (non-hydrogen) atoms. The summed E-state index contributed by atoms with van der Waals surface area (Å²) in [5.41, 5.74) is 0.633. The average molecular weight is 254 g/mol. The number of rotatable bonds is 2. The molecule has 104 valence electrons. The van der Waals surface area contributed by atoms with Gasteiger partial charge >= 0.3 is 0 Å². The van der Waals surface area contributed by atoms with Crippen molar-refractivity contribution < 1.29 is 15.3 Å². The summed E-state index contributed by atoms with van der Waals surface area (Å²) in [6.07, 6.45) is 3.15. The first kappa shape index (κ1) is 14.0. The Bertz CT molecular complexity index is 337. The third-order valence-electron chi connectivity index (χ3n) is 5.23. The van der Waals surface area contributed by atoms with Crippen LogP contribution >= 0.6 is 0 Å². The minimum Gasteiger partial charge on any atom is -0.392 e. The lowest BCUT2D eigenvalue weighted by Gasteiger charge is -2.37. The van der Waals surface area contributed by atoms with E-state index >= 15 is 0 Å². The largest absolute Gasteiger partial charge is 0.392 e. The van der Waals surface area contributed by atoms with Crippen LogP contribution in [0.3, 0.4) is 0 Å². The summed E-state index contributed by atoms with van der Waals surface area (Å²) >= 11 is 0. The molecule has 3 N–H and O–H groups in total. The van der Waals surface area contributed by atoms with Gasteiger partial charge in [-0.15, -0.1) is 0 Å². The molecule has 3 heteroatoms. The highest BCUT2D eigenvalue weighted by Crippen LogP contribution is 2.54. The van der Waals surface area contributed by atoms with Gasteiger partial charge in [0, 0.05) is 5.41 Å². The van der Waals surface area contributed by atoms with Gasteiger partial charge in [0.25, 0.3) is 0 Å². The maximum absolute atomic E-state index is 10.4. The van der Waals surface area contributed by atoms with E-state index in [0.717, 1.165) is 18.4 Å². The molecule has 0 heterocycles. The van der Waals surface area contributed by atoms with Crippen LogP contribution in [-0.4, -0.2) is 34.1 Å². The van der Waals surface area contributed by atoms with Crippen LogP contribution in [-0.2, 0) is 0 Å². The third-order valence-corrected chi connectivity index (χ3v) is 5.23. The van der Waals surface area contributed by atoms with Crippen molar-refractivity contribution in [1.82, 2.24) is 0 Å². The van der Waals surface area contributed by atoms with Crippen molar-refractivity contribution in [3.05, 3.63) is 11.6 Å². The molecule has 2 aliphatic rings. The van der Waals surface area contributed by atoms with Crippen molar-refractivity contribution in [2.45, 2.75) is 52.2 Å². The first-order chi connectivity index (χ1) is 8.40. The standard InChI is InChI=1S/C15H26O3/c1-9(2)11-4-5-15(3)12(11)6-10(8-16)7-13(17)14(15)18/h6,9,11-14,16-18H,4-5,7-8H2,1-3H3/t11-,12-,13+,14-,15-/m0/s1. The molecule has 0 aromatic rings. The second-order valence-corrected chi connectivity index (χ2v) is 6.68. The topological polar surface area (TPSA) is 60.7 Å². The fourth-order valence-electron chi connectivity index (χ4n) is 3.98. The normalized spacial score (nSPS) is 44.7. The quantitative estimate of drug-likeness (QED) is 0.658. The lowest BCUT2D eigenvalue weighted by molar-refractivity contribution is -0.0671. The molecule has 2 aliphatic carbocycles. The van der Waals surface area contributed by atoms with E-state index in [-0.39, 0.29) is 17.9 Å². The molecule has 0 saturated heterocycles. The van der Waals surface area contributed by atoms with E-state index in [1.165, 1.54) is 0 Å². The number of hydrogen-bond acceptors (Lipinski definition) is 3. The van der Waals surface area contributed by atoms with Crippen molar-refractivity contribution in [3.8, 4) is 0 Å². The van der Waals surface area contributed by atoms with Gasteiger partial charge in [0.05, 0.1) is 18.8 Å². The zero-order valence-electron chi connectivity index (χ0n) is 11.6. The first-order valence-electron chi connectivity index (χ1n) is 7.06. The van der Waals surface area contributed by atoms with Gasteiger partial charge in [0.2, 0.25) is 0 Å². The number of allylic oxidation sites excluding steroid dienone is 1. The van der Waals surface area contributed by atoms with E-state index in [4.69, 9.17) is 0 Å². The molecule has 0 aromatic carbocycles. The zero-order valence-corrected chi connectivity index (χ0v) is 11.6. The van der Waals surface area contributed by atoms with E-state index < -0.39 is 12.2 Å². The highest BCUT2D eigenvalue weighted by molar-refractivity contribution is 5.18. The second kappa shape index (κ2) is 4.95. The molecular weight excluding hydrogens is 228 g/mol. The number of aliphatic hydroxyl groups is 3. The van der Waals surface area contributed by atoms with E-state index in [9.17, 15) is 15.3 Å². The summed E-state index contributed by atoms with van der Waals surface area (Å²) in [4.78, 5) is 0. The Kier molecular flexibility index (Phi) is 3.86. The zero-order chi connectivity index (χ0) is 13.5. The first-order valence-corrected chi connectivity index (χ1v) is 7.06. The molecule has 1 saturated carbocycles. The van der Waals surface area contributed by atoms with Crippen LogP contribution < -0.4 is 0 Å². The van der Waals surface area contributed by atoms with Crippen molar-refractivity contribution >= 4 is 0 Å². The molecule has 0 amide bonds. The lowest BCUT2D eigenvalue weighted by atomic mass is 9.70. The third kappa shape index (κ3) is 2.13. The van der Waals surface area contributed by atoms with Crippen molar-refractivity contribution in [1.29, 1.82) is 0 Å². The molecule has 0 radical (unpaired) electrons. The van der Waals surface area contributed by atoms with Gasteiger partial charge in [-0.05, 0) is 42.6 Å². The SMILES string of the molecule is CC(C)[C@@H]1CC[C@]2(C)[C@@H](O)[C@H](O)CC(CO)=C[C@@H]12. The smallest absolute Gasteiger partial charge is 0.0861 e. The van der Waals surface area contributed by atoms with Gasteiger partial charge in [-0.1, -0.05) is 26.8 Å². The van der Waals surface area contributed by atoms with Gasteiger partial charge in [-0.25, -0.2) is 0 Å². The number of hydrogen-bond donors (Lipinski definition) is 3. The minimum absolute atomic E-state index is 0.0127. The fraction of sp³-hybridized carbons (Fsp3) is 0.867. The van der Waals surface area contributed by atoms with E-state index in [1.807, 2.05) is 0 Å². The number of aliphatic hydroxyl groups excluding tert-OH is 3. The Labute approximate surface area is 110 Å². The van der Waals surface area contributed by atoms with Crippen LogP contribution in [0.25, 0.3) is 0 Å². The molecular formula is C15H26O3. The fourth-order valence-corrected chi connectivity index (χ4v) is 3.98. The van der Waals surface area contributed by atoms with Gasteiger partial charge in [-0.3, -0.25) is 0 Å². The summed E-state index contributed by atoms with van der Waals surface area (Å²) < 4.78 is 0. The number of fused-ring (bicyclic) bond motifs is 1. The molecule has 0 aliphatic heterocycles. The monoisotopic (exact) mass is 254 g/mol. The second-order valence-electron chi connectivity index (χ2n) is 6.68. The summed E-state index contributed by atoms with van der Waals surface area (Å²) in [7, 11) is 0. The molecule has 0 unspecified atom stereocenters. The van der Waals surface area contributed by atoms with E-state index in [2.05, 4.69) is 26.8 Å². The van der Waals surface area contributed by atoms with Gasteiger partial charge in [0.1, 0.15) is 0 Å². The van der Waals surface area contributed by atoms with E-state index in [1.54, 1.807) is 0 Å². The maximum Gasteiger partial charge on any atom is 0.0861 e. The molecule has 2 rings (SSSR count). The lowest BCUT2D eigenvalue weighted by Crippen LogP contribution is -2.43. The Hall–Kier alpha value is -0.380. The van der Waals surface area contributed by atoms with Crippen molar-refractivity contribution in [2.24, 2.45) is 23.2 Å². The maximum atomic E-state index is 10.4. The Balaban J connectivity index is 2.38. The van der Waals surface area contributed by atoms with Gasteiger partial charge < -0.3 is 15.3 Å². The van der Waals surface area contributed by atoms with Crippen LogP contribution in [0.5, 0.6) is 0 Å². The van der Waals surface area contributed by atoms with Gasteiger partial charge in [0.15, 0.2) is 0 Å². The van der Waals surface area contributed by atoms with Crippen LogP contribution in [0.1, 0.15) is 40.0 Å². The Morgan fingerprint density at radius 2 is 2.06 bits per heavy atom. The highest BCUT2D eigenvalue weighted by atomic mass is 16.3. The van der Waals surface area contributed by atoms with Crippen LogP contribution in [0.2, 0.25) is 0 Å². The van der Waals surface area contributed by atoms with Crippen LogP contribution in [0.4, 0.5) is 0 Å². The minimum atomic E-state index is -0.746. The summed E-state index contributed by atoms with van der Waals surface area (Å²) in [6.45, 7) is 6.51. The summed E-state index contributed by atoms with van der Waals surface area (Å²) in [6, 6.07) is 0. The average Bonchev–Trinajstić information content (AvgIpc) is 2.62. The predicted octanol–water partition coefficient (Wildman–Crippen LogP) is 1.72. The summed E-state index contributed by atoms with van der Waals surface area (Å²) in [5, 5.41) is 29.9. The molecule has 3 nitrogen and oxygen atoms in total. The molecule has 0 aromatic heterocycles. The highest BCUT2D eigenvalue weighted by Gasteiger charge is 2.52. The summed E-state index contributed by atoms with van der Waals surface area (Å²) in [5.74, 6) is 1.37. The van der Waals surface area contributed by atoms with Crippen LogP contribution in [0, 0.1) is 23.2 Å². The predicted molar refractivity (Wildman–Crippen MR) is 71.0 cm³/mol. The molecule has 5 atom stereocenters. The van der Waals surface area contributed by atoms with E-state index in [0.29, 0.717) is 18.3 Å². The molecule has 0 spiro atoms. The molecule has 0 bridgehead atoms. The Morgan fingerprint density at radius 3 is 2.61 bits per heavy atom.